The van der Waals surface area contributed by atoms with Gasteiger partial charge in [-0.3, -0.25) is 4.79 Å². The van der Waals surface area contributed by atoms with Crippen molar-refractivity contribution < 1.29 is 19.8 Å². The van der Waals surface area contributed by atoms with Crippen molar-refractivity contribution in [3.63, 3.8) is 0 Å². The van der Waals surface area contributed by atoms with Gasteiger partial charge in [-0.05, 0) is 31.6 Å². The van der Waals surface area contributed by atoms with Crippen molar-refractivity contribution in [1.82, 2.24) is 10.6 Å². The molecule has 1 rings (SSSR count). The van der Waals surface area contributed by atoms with E-state index in [1.165, 1.54) is 13.3 Å². The molecule has 1 aliphatic rings. The third-order valence-corrected chi connectivity index (χ3v) is 3.52. The molecule has 3 atom stereocenters. The number of hydrogen-bond acceptors (Lipinski definition) is 3. The van der Waals surface area contributed by atoms with Gasteiger partial charge in [-0.1, -0.05) is 13.3 Å². The standard InChI is InChI=1S/C13H24N2O4/c1-9-3-4-10(5-9)7-14-12(18)15-8-13(2,19)6-11(16)17/h9-10,19H,3-8H2,1-2H3,(H,16,17)(H2,14,15,18). The van der Waals surface area contributed by atoms with Crippen molar-refractivity contribution in [1.29, 1.82) is 0 Å². The molecule has 0 spiro atoms. The number of hydrogen-bond donors (Lipinski definition) is 4. The fraction of sp³-hybridized carbons (Fsp3) is 0.846. The first kappa shape index (κ1) is 15.8. The van der Waals surface area contributed by atoms with E-state index < -0.39 is 18.0 Å². The molecule has 6 nitrogen and oxygen atoms in total. The molecule has 6 heteroatoms. The number of carboxylic acids is 1. The Bertz CT molecular complexity index is 331. The zero-order chi connectivity index (χ0) is 14.5. The third-order valence-electron chi connectivity index (χ3n) is 3.52. The molecule has 0 heterocycles. The number of aliphatic hydroxyl groups is 1. The summed E-state index contributed by atoms with van der Waals surface area (Å²) in [4.78, 5) is 22.0. The lowest BCUT2D eigenvalue weighted by molar-refractivity contribution is -0.141. The molecule has 4 N–H and O–H groups in total. The number of nitrogens with one attached hydrogen (secondary N) is 2. The molecule has 0 aliphatic heterocycles. The van der Waals surface area contributed by atoms with Crippen LogP contribution >= 0.6 is 0 Å². The molecule has 0 radical (unpaired) electrons. The van der Waals surface area contributed by atoms with Crippen LogP contribution < -0.4 is 10.6 Å². The molecule has 19 heavy (non-hydrogen) atoms. The van der Waals surface area contributed by atoms with Crippen LogP contribution in [0.1, 0.15) is 39.5 Å². The summed E-state index contributed by atoms with van der Waals surface area (Å²) in [6.07, 6.45) is 3.09. The Morgan fingerprint density at radius 2 is 2.00 bits per heavy atom. The van der Waals surface area contributed by atoms with Crippen LogP contribution in [0.5, 0.6) is 0 Å². The van der Waals surface area contributed by atoms with E-state index in [1.54, 1.807) is 0 Å². The van der Waals surface area contributed by atoms with Crippen molar-refractivity contribution in [2.45, 2.75) is 45.1 Å². The van der Waals surface area contributed by atoms with Crippen LogP contribution in [-0.4, -0.2) is 40.9 Å². The van der Waals surface area contributed by atoms with E-state index >= 15 is 0 Å². The smallest absolute Gasteiger partial charge is 0.314 e. The summed E-state index contributed by atoms with van der Waals surface area (Å²) >= 11 is 0. The minimum Gasteiger partial charge on any atom is -0.481 e. The minimum atomic E-state index is -1.43. The maximum atomic E-state index is 11.5. The minimum absolute atomic E-state index is 0.0772. The highest BCUT2D eigenvalue weighted by molar-refractivity contribution is 5.74. The number of carbonyl (C=O) groups is 2. The third kappa shape index (κ3) is 6.42. The molecule has 1 fully saturated rings. The van der Waals surface area contributed by atoms with Gasteiger partial charge in [0, 0.05) is 13.1 Å². The Kier molecular flexibility index (Phi) is 5.60. The zero-order valence-corrected chi connectivity index (χ0v) is 11.6. The van der Waals surface area contributed by atoms with E-state index in [4.69, 9.17) is 5.11 Å². The first-order valence-electron chi connectivity index (χ1n) is 6.74. The predicted octanol–water partition coefficient (Wildman–Crippen LogP) is 0.947. The van der Waals surface area contributed by atoms with Gasteiger partial charge >= 0.3 is 12.0 Å². The van der Waals surface area contributed by atoms with Crippen LogP contribution in [-0.2, 0) is 4.79 Å². The molecule has 0 aromatic heterocycles. The molecular weight excluding hydrogens is 248 g/mol. The van der Waals surface area contributed by atoms with Crippen molar-refractivity contribution in [2.24, 2.45) is 11.8 Å². The lowest BCUT2D eigenvalue weighted by Gasteiger charge is -2.22. The number of amides is 2. The highest BCUT2D eigenvalue weighted by Gasteiger charge is 2.25. The van der Waals surface area contributed by atoms with Crippen LogP contribution in [0.3, 0.4) is 0 Å². The van der Waals surface area contributed by atoms with Gasteiger partial charge < -0.3 is 20.8 Å². The summed E-state index contributed by atoms with van der Waals surface area (Å²) in [7, 11) is 0. The molecule has 110 valence electrons. The second-order valence-corrected chi connectivity index (χ2v) is 5.92. The first-order valence-corrected chi connectivity index (χ1v) is 6.74. The Morgan fingerprint density at radius 3 is 2.53 bits per heavy atom. The van der Waals surface area contributed by atoms with E-state index in [2.05, 4.69) is 17.6 Å². The second kappa shape index (κ2) is 6.75. The van der Waals surface area contributed by atoms with E-state index in [1.807, 2.05) is 0 Å². The van der Waals surface area contributed by atoms with E-state index in [-0.39, 0.29) is 12.6 Å². The number of rotatable bonds is 6. The van der Waals surface area contributed by atoms with E-state index in [0.717, 1.165) is 18.8 Å². The van der Waals surface area contributed by atoms with Crippen LogP contribution in [0, 0.1) is 11.8 Å². The lowest BCUT2D eigenvalue weighted by Crippen LogP contribution is -2.46. The normalized spacial score (nSPS) is 25.6. The molecule has 1 aliphatic carbocycles. The SMILES string of the molecule is CC1CCC(CNC(=O)NCC(C)(O)CC(=O)O)C1. The van der Waals surface area contributed by atoms with Crippen LogP contribution in [0.15, 0.2) is 0 Å². The van der Waals surface area contributed by atoms with Gasteiger partial charge in [0.05, 0.1) is 12.0 Å². The summed E-state index contributed by atoms with van der Waals surface area (Å²) in [6.45, 7) is 4.16. The summed E-state index contributed by atoms with van der Waals surface area (Å²) in [5.74, 6) is 0.165. The zero-order valence-electron chi connectivity index (χ0n) is 11.6. The fourth-order valence-electron chi connectivity index (χ4n) is 2.47. The van der Waals surface area contributed by atoms with Crippen LogP contribution in [0.4, 0.5) is 4.79 Å². The number of urea groups is 1. The predicted molar refractivity (Wildman–Crippen MR) is 70.8 cm³/mol. The molecule has 0 aromatic carbocycles. The van der Waals surface area contributed by atoms with E-state index in [9.17, 15) is 14.7 Å². The molecular formula is C13H24N2O4. The molecule has 3 unspecified atom stereocenters. The lowest BCUT2D eigenvalue weighted by atomic mass is 10.0. The molecule has 0 bridgehead atoms. The topological polar surface area (TPSA) is 98.7 Å². The molecule has 0 aromatic rings. The highest BCUT2D eigenvalue weighted by Crippen LogP contribution is 2.29. The largest absolute Gasteiger partial charge is 0.481 e. The molecule has 0 saturated heterocycles. The van der Waals surface area contributed by atoms with Gasteiger partial charge in [-0.2, -0.15) is 0 Å². The maximum Gasteiger partial charge on any atom is 0.314 e. The Hall–Kier alpha value is -1.30. The number of carbonyl (C=O) groups excluding carboxylic acids is 1. The highest BCUT2D eigenvalue weighted by atomic mass is 16.4. The molecule has 1 saturated carbocycles. The Labute approximate surface area is 113 Å². The average Bonchev–Trinajstić information content (AvgIpc) is 2.68. The number of carboxylic acid groups (broad SMARTS) is 1. The quantitative estimate of drug-likeness (QED) is 0.578. The van der Waals surface area contributed by atoms with Gasteiger partial charge in [0.25, 0.3) is 0 Å². The second-order valence-electron chi connectivity index (χ2n) is 5.92. The van der Waals surface area contributed by atoms with Gasteiger partial charge in [0.1, 0.15) is 0 Å². The van der Waals surface area contributed by atoms with Crippen molar-refractivity contribution in [2.75, 3.05) is 13.1 Å². The Balaban J connectivity index is 2.19. The Morgan fingerprint density at radius 1 is 1.32 bits per heavy atom. The van der Waals surface area contributed by atoms with Crippen LogP contribution in [0.25, 0.3) is 0 Å². The number of aliphatic carboxylic acids is 1. The van der Waals surface area contributed by atoms with Gasteiger partial charge in [0.15, 0.2) is 0 Å². The van der Waals surface area contributed by atoms with Crippen molar-refractivity contribution >= 4 is 12.0 Å². The van der Waals surface area contributed by atoms with Crippen LogP contribution in [0.2, 0.25) is 0 Å². The van der Waals surface area contributed by atoms with Gasteiger partial charge in [-0.25, -0.2) is 4.79 Å². The summed E-state index contributed by atoms with van der Waals surface area (Å²) in [5.41, 5.74) is -1.43. The van der Waals surface area contributed by atoms with Crippen molar-refractivity contribution in [3.8, 4) is 0 Å². The maximum absolute atomic E-state index is 11.5. The summed E-state index contributed by atoms with van der Waals surface area (Å²) in [6, 6.07) is -0.356. The summed E-state index contributed by atoms with van der Waals surface area (Å²) < 4.78 is 0. The van der Waals surface area contributed by atoms with E-state index in [0.29, 0.717) is 12.5 Å². The fourth-order valence-corrected chi connectivity index (χ4v) is 2.47. The van der Waals surface area contributed by atoms with Gasteiger partial charge in [0.2, 0.25) is 0 Å². The summed E-state index contributed by atoms with van der Waals surface area (Å²) in [5, 5.41) is 23.6. The van der Waals surface area contributed by atoms with Gasteiger partial charge in [-0.15, -0.1) is 0 Å². The average molecular weight is 272 g/mol. The first-order chi connectivity index (χ1) is 8.78. The van der Waals surface area contributed by atoms with Crippen molar-refractivity contribution in [3.05, 3.63) is 0 Å². The monoisotopic (exact) mass is 272 g/mol. The molecule has 2 amide bonds.